The van der Waals surface area contributed by atoms with Crippen LogP contribution in [0.25, 0.3) is 16.6 Å². The minimum Gasteiger partial charge on any atom is -0.356 e. The van der Waals surface area contributed by atoms with Gasteiger partial charge in [0.15, 0.2) is 0 Å². The van der Waals surface area contributed by atoms with Crippen molar-refractivity contribution in [1.82, 2.24) is 20.0 Å². The lowest BCUT2D eigenvalue weighted by molar-refractivity contribution is 0.0653. The van der Waals surface area contributed by atoms with E-state index < -0.39 is 21.8 Å². The number of halogens is 1. The Balaban J connectivity index is 1.21. The van der Waals surface area contributed by atoms with Gasteiger partial charge in [-0.1, -0.05) is 12.1 Å². The maximum absolute atomic E-state index is 13.3. The molecule has 1 saturated carbocycles. The lowest BCUT2D eigenvalue weighted by Gasteiger charge is -2.26. The number of imide groups is 1. The summed E-state index contributed by atoms with van der Waals surface area (Å²) in [4.78, 5) is 40.3. The van der Waals surface area contributed by atoms with Gasteiger partial charge in [-0.05, 0) is 104 Å². The number of aromatic nitrogens is 2. The first kappa shape index (κ1) is 32.0. The number of carbonyl (C=O) groups is 3. The minimum absolute atomic E-state index is 0.0307. The molecule has 0 saturated heterocycles. The van der Waals surface area contributed by atoms with Crippen molar-refractivity contribution in [3.63, 3.8) is 0 Å². The van der Waals surface area contributed by atoms with Crippen LogP contribution in [0.5, 0.6) is 0 Å². The molecule has 2 heterocycles. The average Bonchev–Trinajstić information content (AvgIpc) is 3.83. The molecule has 3 amide bonds. The number of nitrogens with one attached hydrogen (secondary N) is 2. The normalized spacial score (nSPS) is 14.3. The van der Waals surface area contributed by atoms with Crippen molar-refractivity contribution >= 4 is 55.7 Å². The van der Waals surface area contributed by atoms with Crippen LogP contribution in [0.1, 0.15) is 61.9 Å². The number of sulfonamides is 1. The highest BCUT2D eigenvalue weighted by atomic mass is 32.2. The number of carbonyl (C=O) groups excluding carboxylic acids is 3. The van der Waals surface area contributed by atoms with Gasteiger partial charge < -0.3 is 10.6 Å². The monoisotopic (exact) mass is 680 g/mol. The van der Waals surface area contributed by atoms with E-state index in [9.17, 15) is 27.2 Å². The minimum atomic E-state index is -3.80. The third-order valence-corrected chi connectivity index (χ3v) is 9.99. The maximum Gasteiger partial charge on any atom is 0.270 e. The molecule has 0 bridgehead atoms. The van der Waals surface area contributed by atoms with Crippen LogP contribution < -0.4 is 14.9 Å². The van der Waals surface area contributed by atoms with E-state index in [0.29, 0.717) is 44.8 Å². The molecular weight excluding hydrogens is 647 g/mol. The van der Waals surface area contributed by atoms with Crippen LogP contribution in [-0.4, -0.2) is 67.2 Å². The molecule has 0 spiro atoms. The zero-order valence-electron chi connectivity index (χ0n) is 26.8. The number of rotatable bonds is 11. The molecule has 11 nitrogen and oxygen atoms in total. The van der Waals surface area contributed by atoms with Gasteiger partial charge in [-0.15, -0.1) is 0 Å². The summed E-state index contributed by atoms with van der Waals surface area (Å²) in [7, 11) is -2.26. The van der Waals surface area contributed by atoms with Gasteiger partial charge in [0, 0.05) is 36.9 Å². The molecule has 1 fully saturated rings. The summed E-state index contributed by atoms with van der Waals surface area (Å²) in [5, 5.41) is 11.3. The Morgan fingerprint density at radius 1 is 0.939 bits per heavy atom. The van der Waals surface area contributed by atoms with Crippen molar-refractivity contribution in [3.8, 4) is 5.69 Å². The van der Waals surface area contributed by atoms with E-state index in [-0.39, 0.29) is 37.2 Å². The molecule has 2 aliphatic rings. The van der Waals surface area contributed by atoms with Crippen molar-refractivity contribution in [2.45, 2.75) is 25.2 Å². The van der Waals surface area contributed by atoms with E-state index in [1.807, 2.05) is 18.2 Å². The molecule has 1 aliphatic carbocycles. The molecule has 2 N–H and O–H groups in total. The predicted molar refractivity (Wildman–Crippen MR) is 185 cm³/mol. The first-order valence-electron chi connectivity index (χ1n) is 15.9. The Labute approximate surface area is 282 Å². The molecule has 1 aromatic heterocycles. The van der Waals surface area contributed by atoms with Crippen molar-refractivity contribution in [1.29, 1.82) is 0 Å². The van der Waals surface area contributed by atoms with Gasteiger partial charge in [-0.3, -0.25) is 23.6 Å². The number of nitrogens with zero attached hydrogens (tertiary/aromatic N) is 4. The van der Waals surface area contributed by atoms with Crippen LogP contribution in [-0.2, 0) is 10.0 Å². The van der Waals surface area contributed by atoms with Crippen molar-refractivity contribution in [3.05, 3.63) is 113 Å². The number of hydrogen-bond acceptors (Lipinski definition) is 7. The Kier molecular flexibility index (Phi) is 8.15. The van der Waals surface area contributed by atoms with Gasteiger partial charge in [-0.2, -0.15) is 5.10 Å². The van der Waals surface area contributed by atoms with Crippen LogP contribution in [0.2, 0.25) is 0 Å². The highest BCUT2D eigenvalue weighted by molar-refractivity contribution is 7.92. The quantitative estimate of drug-likeness (QED) is 0.174. The average molecular weight is 681 g/mol. The number of anilines is 3. The topological polar surface area (TPSA) is 134 Å². The molecule has 0 unspecified atom stereocenters. The molecule has 7 rings (SSSR count). The van der Waals surface area contributed by atoms with Crippen LogP contribution in [0.15, 0.2) is 84.9 Å². The highest BCUT2D eigenvalue weighted by Crippen LogP contribution is 2.47. The zero-order chi connectivity index (χ0) is 34.4. The molecule has 49 heavy (non-hydrogen) atoms. The van der Waals surface area contributed by atoms with Crippen molar-refractivity contribution < 1.29 is 27.2 Å². The standard InChI is InChI=1S/C36H33FN6O5S/c1-38-34(44)33-30-20-29(22-8-9-22)32(42(49(2,47)48)19-5-18-41-35(45)27-6-3-4-7-28(27)36(41)46)21-31(30)40-43(33)26-16-14-25(15-17-26)39-24-12-10-23(37)11-13-24/h3-4,6-7,10-17,20-22,39H,5,8-9,18-19H2,1-2H3,(H,38,44). The third-order valence-electron chi connectivity index (χ3n) is 8.81. The van der Waals surface area contributed by atoms with Crippen molar-refractivity contribution in [2.24, 2.45) is 0 Å². The Morgan fingerprint density at radius 2 is 1.55 bits per heavy atom. The molecule has 13 heteroatoms. The van der Waals surface area contributed by atoms with Gasteiger partial charge >= 0.3 is 0 Å². The largest absolute Gasteiger partial charge is 0.356 e. The van der Waals surface area contributed by atoms with E-state index in [4.69, 9.17) is 5.10 Å². The Morgan fingerprint density at radius 3 is 2.12 bits per heavy atom. The smallest absolute Gasteiger partial charge is 0.270 e. The molecule has 5 aromatic rings. The van der Waals surface area contributed by atoms with E-state index in [1.165, 1.54) is 23.5 Å². The number of benzene rings is 4. The number of fused-ring (bicyclic) bond motifs is 2. The first-order valence-corrected chi connectivity index (χ1v) is 17.7. The SMILES string of the molecule is CNC(=O)c1c2cc(C3CC3)c(N(CCCN3C(=O)c4ccccc4C3=O)S(C)(=O)=O)cc2nn1-c1ccc(Nc2ccc(F)cc2)cc1. The van der Waals surface area contributed by atoms with Gasteiger partial charge in [0.1, 0.15) is 11.5 Å². The van der Waals surface area contributed by atoms with Crippen LogP contribution in [0, 0.1) is 5.82 Å². The molecular formula is C36H33FN6O5S. The highest BCUT2D eigenvalue weighted by Gasteiger charge is 2.36. The second-order valence-electron chi connectivity index (χ2n) is 12.2. The summed E-state index contributed by atoms with van der Waals surface area (Å²) in [5.41, 5.74) is 4.75. The zero-order valence-corrected chi connectivity index (χ0v) is 27.6. The lowest BCUT2D eigenvalue weighted by Crippen LogP contribution is -2.36. The van der Waals surface area contributed by atoms with Crippen LogP contribution in [0.3, 0.4) is 0 Å². The van der Waals surface area contributed by atoms with E-state index in [0.717, 1.165) is 35.2 Å². The second kappa shape index (κ2) is 12.5. The summed E-state index contributed by atoms with van der Waals surface area (Å²) >= 11 is 0. The lowest BCUT2D eigenvalue weighted by atomic mass is 10.0. The molecule has 1 aliphatic heterocycles. The summed E-state index contributed by atoms with van der Waals surface area (Å²) in [6.45, 7) is 0.0871. The summed E-state index contributed by atoms with van der Waals surface area (Å²) in [6, 6.07) is 23.4. The van der Waals surface area contributed by atoms with Gasteiger partial charge in [0.2, 0.25) is 10.0 Å². The Bertz CT molecular complexity index is 2200. The third kappa shape index (κ3) is 6.13. The number of amides is 3. The van der Waals surface area contributed by atoms with Gasteiger partial charge in [0.25, 0.3) is 17.7 Å². The van der Waals surface area contributed by atoms with E-state index in [2.05, 4.69) is 10.6 Å². The molecule has 0 radical (unpaired) electrons. The fourth-order valence-corrected chi connectivity index (χ4v) is 7.24. The molecule has 0 atom stereocenters. The fraction of sp³-hybridized carbons (Fsp3) is 0.222. The maximum atomic E-state index is 13.3. The number of hydrogen-bond donors (Lipinski definition) is 2. The van der Waals surface area contributed by atoms with Crippen LogP contribution >= 0.6 is 0 Å². The van der Waals surface area contributed by atoms with Crippen molar-refractivity contribution in [2.75, 3.05) is 36.0 Å². The second-order valence-corrected chi connectivity index (χ2v) is 14.1. The van der Waals surface area contributed by atoms with Gasteiger partial charge in [-0.25, -0.2) is 17.5 Å². The van der Waals surface area contributed by atoms with Crippen LogP contribution in [0.4, 0.5) is 21.5 Å². The summed E-state index contributed by atoms with van der Waals surface area (Å²) in [6.07, 6.45) is 3.09. The predicted octanol–water partition coefficient (Wildman–Crippen LogP) is 5.60. The van der Waals surface area contributed by atoms with E-state index in [1.54, 1.807) is 59.3 Å². The van der Waals surface area contributed by atoms with Gasteiger partial charge in [0.05, 0.1) is 34.3 Å². The first-order chi connectivity index (χ1) is 23.5. The van der Waals surface area contributed by atoms with E-state index >= 15 is 0 Å². The molecule has 4 aromatic carbocycles. The summed E-state index contributed by atoms with van der Waals surface area (Å²) < 4.78 is 42.8. The fourth-order valence-electron chi connectivity index (χ4n) is 6.26. The summed E-state index contributed by atoms with van der Waals surface area (Å²) in [5.74, 6) is -1.36. The Hall–Kier alpha value is -5.56. The molecule has 250 valence electrons.